The summed E-state index contributed by atoms with van der Waals surface area (Å²) < 4.78 is 2.12. The fraction of sp³-hybridized carbons (Fsp3) is 0.182. The van der Waals surface area contributed by atoms with Crippen LogP contribution in [0, 0.1) is 27.7 Å². The molecule has 1 amide bonds. The predicted octanol–water partition coefficient (Wildman–Crippen LogP) is 5.13. The van der Waals surface area contributed by atoms with Crippen molar-refractivity contribution in [1.29, 1.82) is 0 Å². The van der Waals surface area contributed by atoms with Crippen LogP contribution in [0.1, 0.15) is 38.4 Å². The highest BCUT2D eigenvalue weighted by Crippen LogP contribution is 2.24. The zero-order valence-electron chi connectivity index (χ0n) is 15.9. The van der Waals surface area contributed by atoms with Gasteiger partial charge in [-0.25, -0.2) is 5.43 Å². The molecule has 0 fully saturated rings. The lowest BCUT2D eigenvalue weighted by atomic mass is 10.1. The van der Waals surface area contributed by atoms with Crippen molar-refractivity contribution in [3.05, 3.63) is 87.2 Å². The molecule has 0 aliphatic carbocycles. The first-order chi connectivity index (χ1) is 12.9. The molecule has 27 heavy (non-hydrogen) atoms. The third-order valence-electron chi connectivity index (χ3n) is 4.57. The van der Waals surface area contributed by atoms with Gasteiger partial charge < -0.3 is 4.57 Å². The minimum Gasteiger partial charge on any atom is -0.318 e. The molecule has 0 bridgehead atoms. The van der Waals surface area contributed by atoms with Gasteiger partial charge in [0.15, 0.2) is 0 Å². The summed E-state index contributed by atoms with van der Waals surface area (Å²) in [5, 5.41) is 4.85. The second-order valence-corrected chi connectivity index (χ2v) is 7.07. The highest BCUT2D eigenvalue weighted by molar-refractivity contribution is 6.31. The number of aryl methyl sites for hydroxylation is 3. The van der Waals surface area contributed by atoms with Crippen molar-refractivity contribution in [2.75, 3.05) is 0 Å². The first kappa shape index (κ1) is 18.9. The molecule has 0 atom stereocenters. The molecular weight excluding hydrogens is 358 g/mol. The van der Waals surface area contributed by atoms with Gasteiger partial charge in [-0.1, -0.05) is 35.4 Å². The van der Waals surface area contributed by atoms with Gasteiger partial charge in [0.2, 0.25) is 0 Å². The topological polar surface area (TPSA) is 46.4 Å². The van der Waals surface area contributed by atoms with E-state index in [1.807, 2.05) is 64.1 Å². The second-order valence-electron chi connectivity index (χ2n) is 6.66. The lowest BCUT2D eigenvalue weighted by molar-refractivity contribution is 0.0955. The molecule has 1 heterocycles. The molecule has 138 valence electrons. The van der Waals surface area contributed by atoms with Crippen LogP contribution < -0.4 is 5.43 Å². The van der Waals surface area contributed by atoms with Crippen LogP contribution in [0.4, 0.5) is 0 Å². The van der Waals surface area contributed by atoms with E-state index >= 15 is 0 Å². The van der Waals surface area contributed by atoms with E-state index in [-0.39, 0.29) is 5.91 Å². The van der Waals surface area contributed by atoms with Crippen molar-refractivity contribution in [2.45, 2.75) is 27.7 Å². The second kappa shape index (κ2) is 7.80. The maximum absolute atomic E-state index is 12.1. The summed E-state index contributed by atoms with van der Waals surface area (Å²) in [6.45, 7) is 8.01. The van der Waals surface area contributed by atoms with Gasteiger partial charge in [-0.3, -0.25) is 4.79 Å². The number of benzene rings is 2. The summed E-state index contributed by atoms with van der Waals surface area (Å²) in [5.74, 6) is -0.231. The lowest BCUT2D eigenvalue weighted by Crippen LogP contribution is -2.17. The van der Waals surface area contributed by atoms with Crippen LogP contribution in [-0.2, 0) is 0 Å². The maximum atomic E-state index is 12.1. The Morgan fingerprint density at radius 3 is 2.41 bits per heavy atom. The Kier molecular flexibility index (Phi) is 5.47. The number of amides is 1. The summed E-state index contributed by atoms with van der Waals surface area (Å²) >= 11 is 6.27. The number of carbonyl (C=O) groups excluding carboxylic acids is 1. The van der Waals surface area contributed by atoms with Crippen molar-refractivity contribution >= 4 is 23.7 Å². The zero-order chi connectivity index (χ0) is 19.6. The molecule has 2 aromatic carbocycles. The van der Waals surface area contributed by atoms with Crippen LogP contribution in [0.3, 0.4) is 0 Å². The third-order valence-corrected chi connectivity index (χ3v) is 4.97. The Morgan fingerprint density at radius 1 is 1.04 bits per heavy atom. The largest absolute Gasteiger partial charge is 0.318 e. The van der Waals surface area contributed by atoms with Gasteiger partial charge in [-0.05, 0) is 63.6 Å². The van der Waals surface area contributed by atoms with E-state index in [9.17, 15) is 4.79 Å². The average Bonchev–Trinajstić information content (AvgIpc) is 2.92. The van der Waals surface area contributed by atoms with Gasteiger partial charge in [0.25, 0.3) is 5.91 Å². The molecule has 0 spiro atoms. The summed E-state index contributed by atoms with van der Waals surface area (Å²) in [4.78, 5) is 12.1. The Labute approximate surface area is 164 Å². The van der Waals surface area contributed by atoms with Crippen LogP contribution in [0.15, 0.2) is 53.6 Å². The standard InChI is InChI=1S/C22H22ClN3O/c1-14-5-8-18(9-6-14)22(27)25-24-13-19-11-16(3)26(17(19)4)20-10-7-15(2)21(23)12-20/h5-13H,1-4H3,(H,25,27)/b24-13-. The Morgan fingerprint density at radius 2 is 1.74 bits per heavy atom. The number of nitrogens with zero attached hydrogens (tertiary/aromatic N) is 2. The molecule has 0 aliphatic heterocycles. The van der Waals surface area contributed by atoms with Gasteiger partial charge in [-0.2, -0.15) is 5.10 Å². The van der Waals surface area contributed by atoms with Crippen LogP contribution in [0.25, 0.3) is 5.69 Å². The van der Waals surface area contributed by atoms with Crippen molar-refractivity contribution in [3.8, 4) is 5.69 Å². The van der Waals surface area contributed by atoms with Gasteiger partial charge in [0, 0.05) is 33.2 Å². The zero-order valence-corrected chi connectivity index (χ0v) is 16.6. The van der Waals surface area contributed by atoms with Crippen LogP contribution in [0.2, 0.25) is 5.02 Å². The molecule has 0 radical (unpaired) electrons. The monoisotopic (exact) mass is 379 g/mol. The molecule has 4 nitrogen and oxygen atoms in total. The van der Waals surface area contributed by atoms with Crippen molar-refractivity contribution in [3.63, 3.8) is 0 Å². The Hall–Kier alpha value is -2.85. The first-order valence-electron chi connectivity index (χ1n) is 8.72. The normalized spacial score (nSPS) is 11.1. The van der Waals surface area contributed by atoms with Crippen molar-refractivity contribution < 1.29 is 4.79 Å². The molecule has 1 aromatic heterocycles. The van der Waals surface area contributed by atoms with Gasteiger partial charge >= 0.3 is 0 Å². The summed E-state index contributed by atoms with van der Waals surface area (Å²) in [5.41, 5.74) is 9.35. The molecule has 0 saturated heterocycles. The fourth-order valence-electron chi connectivity index (χ4n) is 2.97. The average molecular weight is 380 g/mol. The highest BCUT2D eigenvalue weighted by Gasteiger charge is 2.11. The minimum atomic E-state index is -0.231. The van der Waals surface area contributed by atoms with Crippen molar-refractivity contribution in [2.24, 2.45) is 5.10 Å². The number of hydrazone groups is 1. The maximum Gasteiger partial charge on any atom is 0.271 e. The number of aromatic nitrogens is 1. The molecule has 0 aliphatic rings. The number of hydrogen-bond donors (Lipinski definition) is 1. The van der Waals surface area contributed by atoms with E-state index in [0.29, 0.717) is 5.56 Å². The van der Waals surface area contributed by atoms with Gasteiger partial charge in [0.05, 0.1) is 6.21 Å². The third kappa shape index (κ3) is 4.12. The fourth-order valence-corrected chi connectivity index (χ4v) is 3.14. The molecular formula is C22H22ClN3O. The van der Waals surface area contributed by atoms with E-state index in [4.69, 9.17) is 11.6 Å². The summed E-state index contributed by atoms with van der Waals surface area (Å²) in [6.07, 6.45) is 1.67. The molecule has 5 heteroatoms. The van der Waals surface area contributed by atoms with Crippen LogP contribution >= 0.6 is 11.6 Å². The van der Waals surface area contributed by atoms with Crippen molar-refractivity contribution in [1.82, 2.24) is 9.99 Å². The molecule has 1 N–H and O–H groups in total. The Bertz CT molecular complexity index is 1020. The lowest BCUT2D eigenvalue weighted by Gasteiger charge is -2.11. The highest BCUT2D eigenvalue weighted by atomic mass is 35.5. The van der Waals surface area contributed by atoms with Gasteiger partial charge in [-0.15, -0.1) is 0 Å². The van der Waals surface area contributed by atoms with E-state index in [1.54, 1.807) is 18.3 Å². The SMILES string of the molecule is Cc1ccc(C(=O)N/N=C\c2cc(C)n(-c3ccc(C)c(Cl)c3)c2C)cc1. The minimum absolute atomic E-state index is 0.231. The molecule has 3 rings (SSSR count). The first-order valence-corrected chi connectivity index (χ1v) is 9.10. The van der Waals surface area contributed by atoms with E-state index in [1.165, 1.54) is 0 Å². The summed E-state index contributed by atoms with van der Waals surface area (Å²) in [6, 6.07) is 15.4. The Balaban J connectivity index is 1.79. The number of nitrogens with one attached hydrogen (secondary N) is 1. The predicted molar refractivity (Wildman–Crippen MR) is 111 cm³/mol. The number of halogens is 1. The molecule has 3 aromatic rings. The van der Waals surface area contributed by atoms with E-state index in [0.717, 1.165) is 38.8 Å². The van der Waals surface area contributed by atoms with Crippen LogP contribution in [-0.4, -0.2) is 16.7 Å². The summed E-state index contributed by atoms with van der Waals surface area (Å²) in [7, 11) is 0. The molecule has 0 unspecified atom stereocenters. The number of hydrogen-bond acceptors (Lipinski definition) is 2. The quantitative estimate of drug-likeness (QED) is 0.495. The molecule has 0 saturated carbocycles. The number of rotatable bonds is 4. The van der Waals surface area contributed by atoms with E-state index in [2.05, 4.69) is 15.1 Å². The van der Waals surface area contributed by atoms with E-state index < -0.39 is 0 Å². The smallest absolute Gasteiger partial charge is 0.271 e. The van der Waals surface area contributed by atoms with Gasteiger partial charge in [0.1, 0.15) is 0 Å². The number of carbonyl (C=O) groups is 1. The van der Waals surface area contributed by atoms with Crippen LogP contribution in [0.5, 0.6) is 0 Å².